The fraction of sp³-hybridized carbons (Fsp3) is 0.462. The highest BCUT2D eigenvalue weighted by Gasteiger charge is 2.11. The van der Waals surface area contributed by atoms with Crippen molar-refractivity contribution in [3.63, 3.8) is 0 Å². The summed E-state index contributed by atoms with van der Waals surface area (Å²) >= 11 is 3.33. The molecule has 18 heavy (non-hydrogen) atoms. The summed E-state index contributed by atoms with van der Waals surface area (Å²) in [6, 6.07) is 4.61. The predicted octanol–water partition coefficient (Wildman–Crippen LogP) is 2.55. The lowest BCUT2D eigenvalue weighted by Crippen LogP contribution is -2.36. The van der Waals surface area contributed by atoms with E-state index in [1.807, 2.05) is 18.7 Å². The van der Waals surface area contributed by atoms with Gasteiger partial charge in [-0.25, -0.2) is 4.39 Å². The number of hydrogen-bond acceptors (Lipinski definition) is 2. The Morgan fingerprint density at radius 2 is 2.17 bits per heavy atom. The zero-order chi connectivity index (χ0) is 13.5. The van der Waals surface area contributed by atoms with Crippen LogP contribution in [-0.4, -0.2) is 30.4 Å². The number of carbonyl (C=O) groups excluding carboxylic acids is 1. The van der Waals surface area contributed by atoms with Crippen LogP contribution in [0.15, 0.2) is 22.7 Å². The van der Waals surface area contributed by atoms with Crippen LogP contribution < -0.4 is 5.32 Å². The highest BCUT2D eigenvalue weighted by Crippen LogP contribution is 2.19. The van der Waals surface area contributed by atoms with Crippen LogP contribution in [0.25, 0.3) is 0 Å². The highest BCUT2D eigenvalue weighted by molar-refractivity contribution is 9.10. The average Bonchev–Trinajstić information content (AvgIpc) is 2.31. The first-order chi connectivity index (χ1) is 8.56. The number of likely N-dealkylation sites (N-methyl/N-ethyl adjacent to an activating group) is 2. The third-order valence-electron chi connectivity index (χ3n) is 2.60. The summed E-state index contributed by atoms with van der Waals surface area (Å²) in [4.78, 5) is 13.5. The van der Waals surface area contributed by atoms with E-state index in [0.717, 1.165) is 16.6 Å². The molecule has 1 rings (SSSR count). The second-order valence-corrected chi connectivity index (χ2v) is 4.85. The van der Waals surface area contributed by atoms with Gasteiger partial charge >= 0.3 is 0 Å². The van der Waals surface area contributed by atoms with Gasteiger partial charge < -0.3 is 5.32 Å². The topological polar surface area (TPSA) is 32.3 Å². The van der Waals surface area contributed by atoms with E-state index in [2.05, 4.69) is 21.2 Å². The van der Waals surface area contributed by atoms with Gasteiger partial charge in [0.25, 0.3) is 0 Å². The maximum absolute atomic E-state index is 13.0. The van der Waals surface area contributed by atoms with Gasteiger partial charge in [-0.05, 0) is 31.2 Å². The normalized spacial score (nSPS) is 10.7. The molecule has 0 fully saturated rings. The summed E-state index contributed by atoms with van der Waals surface area (Å²) < 4.78 is 13.7. The van der Waals surface area contributed by atoms with E-state index >= 15 is 0 Å². The van der Waals surface area contributed by atoms with Crippen LogP contribution in [0, 0.1) is 5.82 Å². The molecular weight excluding hydrogens is 299 g/mol. The number of amides is 1. The minimum atomic E-state index is -0.266. The molecule has 0 saturated heterocycles. The standard InChI is InChI=1S/C13H18BrFN2O/c1-3-16-13(18)9-17(4-2)8-10-5-6-11(15)7-12(10)14/h5-7H,3-4,8-9H2,1-2H3,(H,16,18). The van der Waals surface area contributed by atoms with E-state index in [0.29, 0.717) is 19.6 Å². The number of carbonyl (C=O) groups is 1. The van der Waals surface area contributed by atoms with Gasteiger partial charge in [0.2, 0.25) is 5.91 Å². The van der Waals surface area contributed by atoms with Crippen LogP contribution in [0.3, 0.4) is 0 Å². The zero-order valence-corrected chi connectivity index (χ0v) is 12.3. The van der Waals surface area contributed by atoms with Crippen molar-refractivity contribution in [3.8, 4) is 0 Å². The summed E-state index contributed by atoms with van der Waals surface area (Å²) in [5, 5.41) is 2.77. The van der Waals surface area contributed by atoms with Crippen molar-refractivity contribution in [1.82, 2.24) is 10.2 Å². The second kappa shape index (κ2) is 7.48. The number of halogens is 2. The SMILES string of the molecule is CCNC(=O)CN(CC)Cc1ccc(F)cc1Br. The Bertz CT molecular complexity index is 412. The molecule has 100 valence electrons. The van der Waals surface area contributed by atoms with Gasteiger partial charge in [-0.2, -0.15) is 0 Å². The summed E-state index contributed by atoms with van der Waals surface area (Å²) in [7, 11) is 0. The lowest BCUT2D eigenvalue weighted by Gasteiger charge is -2.20. The quantitative estimate of drug-likeness (QED) is 0.874. The molecule has 1 aromatic rings. The first kappa shape index (κ1) is 15.1. The monoisotopic (exact) mass is 316 g/mol. The molecule has 0 unspecified atom stereocenters. The first-order valence-electron chi connectivity index (χ1n) is 5.99. The van der Waals surface area contributed by atoms with E-state index < -0.39 is 0 Å². The number of benzene rings is 1. The van der Waals surface area contributed by atoms with Crippen LogP contribution in [0.5, 0.6) is 0 Å². The van der Waals surface area contributed by atoms with Crippen LogP contribution in [0.1, 0.15) is 19.4 Å². The first-order valence-corrected chi connectivity index (χ1v) is 6.79. The average molecular weight is 317 g/mol. The van der Waals surface area contributed by atoms with Gasteiger partial charge in [0.15, 0.2) is 0 Å². The van der Waals surface area contributed by atoms with Gasteiger partial charge in [0.1, 0.15) is 5.82 Å². The van der Waals surface area contributed by atoms with E-state index in [1.54, 1.807) is 6.07 Å². The van der Waals surface area contributed by atoms with Crippen LogP contribution in [0.2, 0.25) is 0 Å². The number of nitrogens with one attached hydrogen (secondary N) is 1. The molecule has 5 heteroatoms. The van der Waals surface area contributed by atoms with Crippen molar-refractivity contribution in [2.24, 2.45) is 0 Å². The molecule has 0 radical (unpaired) electrons. The van der Waals surface area contributed by atoms with E-state index in [9.17, 15) is 9.18 Å². The van der Waals surface area contributed by atoms with Crippen molar-refractivity contribution >= 4 is 21.8 Å². The van der Waals surface area contributed by atoms with Crippen molar-refractivity contribution < 1.29 is 9.18 Å². The molecule has 0 heterocycles. The summed E-state index contributed by atoms with van der Waals surface area (Å²) in [6.45, 7) is 6.27. The molecule has 0 spiro atoms. The zero-order valence-electron chi connectivity index (χ0n) is 10.7. The smallest absolute Gasteiger partial charge is 0.234 e. The Labute approximate surface area is 115 Å². The predicted molar refractivity (Wildman–Crippen MR) is 73.7 cm³/mol. The van der Waals surface area contributed by atoms with E-state index in [4.69, 9.17) is 0 Å². The largest absolute Gasteiger partial charge is 0.355 e. The van der Waals surface area contributed by atoms with E-state index in [-0.39, 0.29) is 11.7 Å². The maximum Gasteiger partial charge on any atom is 0.234 e. The molecule has 3 nitrogen and oxygen atoms in total. The van der Waals surface area contributed by atoms with E-state index in [1.165, 1.54) is 12.1 Å². The third kappa shape index (κ3) is 4.74. The van der Waals surface area contributed by atoms with Crippen molar-refractivity contribution in [1.29, 1.82) is 0 Å². The van der Waals surface area contributed by atoms with Gasteiger partial charge in [-0.3, -0.25) is 9.69 Å². The lowest BCUT2D eigenvalue weighted by atomic mass is 10.2. The van der Waals surface area contributed by atoms with Crippen molar-refractivity contribution in [2.45, 2.75) is 20.4 Å². The van der Waals surface area contributed by atoms with Gasteiger partial charge in [0, 0.05) is 17.6 Å². The number of nitrogens with zero attached hydrogens (tertiary/aromatic N) is 1. The van der Waals surface area contributed by atoms with Gasteiger partial charge in [-0.1, -0.05) is 28.9 Å². The number of rotatable bonds is 6. The van der Waals surface area contributed by atoms with Crippen LogP contribution in [0.4, 0.5) is 4.39 Å². The molecule has 0 aliphatic carbocycles. The maximum atomic E-state index is 13.0. The van der Waals surface area contributed by atoms with Gasteiger partial charge in [0.05, 0.1) is 6.54 Å². The summed E-state index contributed by atoms with van der Waals surface area (Å²) in [6.07, 6.45) is 0. The Morgan fingerprint density at radius 3 is 2.72 bits per heavy atom. The summed E-state index contributed by atoms with van der Waals surface area (Å²) in [5.74, 6) is -0.255. The summed E-state index contributed by atoms with van der Waals surface area (Å²) in [5.41, 5.74) is 0.975. The molecule has 1 aromatic carbocycles. The molecule has 1 amide bonds. The molecule has 0 aromatic heterocycles. The van der Waals surface area contributed by atoms with Crippen molar-refractivity contribution in [2.75, 3.05) is 19.6 Å². The van der Waals surface area contributed by atoms with Crippen LogP contribution in [-0.2, 0) is 11.3 Å². The molecule has 0 saturated carbocycles. The van der Waals surface area contributed by atoms with Gasteiger partial charge in [-0.15, -0.1) is 0 Å². The molecular formula is C13H18BrFN2O. The molecule has 0 atom stereocenters. The molecule has 0 aliphatic heterocycles. The minimum absolute atomic E-state index is 0.0117. The number of hydrogen-bond donors (Lipinski definition) is 1. The van der Waals surface area contributed by atoms with Crippen LogP contribution >= 0.6 is 15.9 Å². The Morgan fingerprint density at radius 1 is 1.44 bits per heavy atom. The lowest BCUT2D eigenvalue weighted by molar-refractivity contribution is -0.122. The third-order valence-corrected chi connectivity index (χ3v) is 3.34. The molecule has 0 aliphatic rings. The van der Waals surface area contributed by atoms with Crippen molar-refractivity contribution in [3.05, 3.63) is 34.1 Å². The molecule has 0 bridgehead atoms. The second-order valence-electron chi connectivity index (χ2n) is 3.99. The molecule has 1 N–H and O–H groups in total. The highest BCUT2D eigenvalue weighted by atomic mass is 79.9. The minimum Gasteiger partial charge on any atom is -0.355 e. The Balaban J connectivity index is 2.65. The fourth-order valence-electron chi connectivity index (χ4n) is 1.63. The Hall–Kier alpha value is -0.940. The fourth-order valence-corrected chi connectivity index (χ4v) is 2.10. The Kier molecular flexibility index (Phi) is 6.29.